The van der Waals surface area contributed by atoms with E-state index < -0.39 is 54.0 Å². The molecule has 0 aliphatic carbocycles. The average Bonchev–Trinajstić information content (AvgIpc) is 3.43. The molecule has 1 amide bonds. The fourth-order valence-electron chi connectivity index (χ4n) is 4.76. The van der Waals surface area contributed by atoms with Crippen LogP contribution in [-0.4, -0.2) is 70.5 Å². The van der Waals surface area contributed by atoms with Crippen molar-refractivity contribution in [3.05, 3.63) is 26.9 Å². The normalized spacial score (nSPS) is 24.6. The van der Waals surface area contributed by atoms with E-state index in [4.69, 9.17) is 52.6 Å². The number of alkyl carbamates (subject to hydrolysis) is 1. The molecule has 0 unspecified atom stereocenters. The molecule has 2 aromatic rings. The second kappa shape index (κ2) is 12.3. The predicted molar refractivity (Wildman–Crippen MR) is 152 cm³/mol. The fourth-order valence-corrected chi connectivity index (χ4v) is 5.66. The summed E-state index contributed by atoms with van der Waals surface area (Å²) in [5.74, 6) is -1.51. The van der Waals surface area contributed by atoms with Gasteiger partial charge in [-0.1, -0.05) is 23.2 Å². The Hall–Kier alpha value is -1.67. The van der Waals surface area contributed by atoms with Gasteiger partial charge < -0.3 is 34.7 Å². The van der Waals surface area contributed by atoms with Gasteiger partial charge in [0.05, 0.1) is 21.1 Å². The highest BCUT2D eigenvalue weighted by atomic mass is 79.9. The third kappa shape index (κ3) is 7.21. The molecular weight excluding hydrogens is 631 g/mol. The number of hydrogen-bond acceptors (Lipinski definition) is 9. The summed E-state index contributed by atoms with van der Waals surface area (Å²) in [5, 5.41) is 3.36. The number of carbonyl (C=O) groups is 2. The number of nitrogens with two attached hydrogens (primary N) is 1. The van der Waals surface area contributed by atoms with Crippen LogP contribution in [0.4, 0.5) is 4.79 Å². The highest BCUT2D eigenvalue weighted by molar-refractivity contribution is 9.10. The van der Waals surface area contributed by atoms with Crippen LogP contribution >= 0.6 is 39.1 Å². The van der Waals surface area contributed by atoms with Gasteiger partial charge in [0.25, 0.3) is 0 Å². The van der Waals surface area contributed by atoms with E-state index in [2.05, 4.69) is 26.2 Å². The maximum absolute atomic E-state index is 13.1. The lowest BCUT2D eigenvalue weighted by Gasteiger charge is -2.26. The fraction of sp³-hybridized carbons (Fsp3) is 0.654. The summed E-state index contributed by atoms with van der Waals surface area (Å²) in [7, 11) is 0. The van der Waals surface area contributed by atoms with Crippen molar-refractivity contribution in [2.24, 2.45) is 5.73 Å². The maximum atomic E-state index is 13.1. The van der Waals surface area contributed by atoms with Gasteiger partial charge in [0, 0.05) is 0 Å². The third-order valence-electron chi connectivity index (χ3n) is 6.38. The van der Waals surface area contributed by atoms with Gasteiger partial charge in [-0.15, -0.1) is 0 Å². The molecule has 2 fully saturated rings. The number of nitrogens with one attached hydrogen (secondary N) is 1. The van der Waals surface area contributed by atoms with Crippen LogP contribution in [0.2, 0.25) is 10.0 Å². The van der Waals surface area contributed by atoms with Crippen molar-refractivity contribution in [2.75, 3.05) is 13.2 Å². The van der Waals surface area contributed by atoms with Crippen LogP contribution in [0.15, 0.2) is 16.9 Å². The van der Waals surface area contributed by atoms with Gasteiger partial charge >= 0.3 is 12.1 Å². The molecule has 14 heteroatoms. The molecule has 3 N–H and O–H groups in total. The summed E-state index contributed by atoms with van der Waals surface area (Å²) in [6, 6.07) is 2.47. The number of ether oxygens (including phenoxy) is 5. The number of amides is 1. The minimum atomic E-state index is -0.912. The number of unbranched alkanes of at least 4 members (excludes halogenated alkanes) is 1. The number of hydrogen-bond donors (Lipinski definition) is 2. The Labute approximate surface area is 251 Å². The van der Waals surface area contributed by atoms with Crippen LogP contribution < -0.4 is 11.1 Å². The Morgan fingerprint density at radius 1 is 1.20 bits per heavy atom. The van der Waals surface area contributed by atoms with Gasteiger partial charge in [0.15, 0.2) is 16.7 Å². The first-order valence-electron chi connectivity index (χ1n) is 13.1. The first-order chi connectivity index (χ1) is 18.7. The molecule has 0 spiro atoms. The van der Waals surface area contributed by atoms with Gasteiger partial charge in [0.2, 0.25) is 0 Å². The van der Waals surface area contributed by atoms with E-state index in [-0.39, 0.29) is 6.61 Å². The lowest BCUT2D eigenvalue weighted by atomic mass is 10.1. The second-order valence-electron chi connectivity index (χ2n) is 11.2. The van der Waals surface area contributed by atoms with E-state index in [1.54, 1.807) is 46.8 Å². The van der Waals surface area contributed by atoms with E-state index in [1.165, 1.54) is 0 Å². The monoisotopic (exact) mass is 664 g/mol. The van der Waals surface area contributed by atoms with Gasteiger partial charge in [-0.2, -0.15) is 0 Å². The summed E-state index contributed by atoms with van der Waals surface area (Å²) in [6.45, 7) is 9.19. The van der Waals surface area contributed by atoms with Crippen LogP contribution in [-0.2, 0) is 28.5 Å². The number of rotatable bonds is 9. The Balaban J connectivity index is 1.51. The Morgan fingerprint density at radius 3 is 2.55 bits per heavy atom. The molecule has 3 heterocycles. The number of carbonyl (C=O) groups excluding carboxylic acids is 2. The molecule has 0 radical (unpaired) electrons. The van der Waals surface area contributed by atoms with Crippen molar-refractivity contribution in [1.82, 2.24) is 14.9 Å². The standard InChI is InChI=1S/C26H35BrCl2N4O7/c1-25(2,3)40-24(35)32-15(8-6-7-9-30)22(34)36-12-18-19-20(39-26(4,5)38-19)21(37-18)33-17-11-14(29)13(28)10-16(17)31-23(33)27/h10-11,15,18-21H,6-9,12,30H2,1-5H3,(H,32,35)/t15-,18+,19+,20+,21+/m0/s1. The summed E-state index contributed by atoms with van der Waals surface area (Å²) >= 11 is 16.0. The number of halogens is 3. The Morgan fingerprint density at radius 2 is 1.88 bits per heavy atom. The summed E-state index contributed by atoms with van der Waals surface area (Å²) in [6.07, 6.45) is -1.47. The summed E-state index contributed by atoms with van der Waals surface area (Å²) < 4.78 is 32.0. The predicted octanol–water partition coefficient (Wildman–Crippen LogP) is 5.09. The molecule has 0 bridgehead atoms. The Kier molecular flexibility index (Phi) is 9.60. The van der Waals surface area contributed by atoms with Gasteiger partial charge in [0.1, 0.15) is 36.6 Å². The van der Waals surface area contributed by atoms with Crippen molar-refractivity contribution in [1.29, 1.82) is 0 Å². The number of fused-ring (bicyclic) bond motifs is 2. The smallest absolute Gasteiger partial charge is 0.408 e. The SMILES string of the molecule is CC(C)(C)OC(=O)N[C@@H](CCCCN)C(=O)OC[C@H]1O[C@@H](n2c(Br)nc3cc(Cl)c(Cl)cc32)[C@@H]2OC(C)(C)O[C@@H]21. The zero-order valence-electron chi connectivity index (χ0n) is 23.0. The van der Waals surface area contributed by atoms with Crippen LogP contribution in [0.25, 0.3) is 11.0 Å². The molecule has 5 atom stereocenters. The molecule has 40 heavy (non-hydrogen) atoms. The van der Waals surface area contributed by atoms with E-state index >= 15 is 0 Å². The third-order valence-corrected chi connectivity index (χ3v) is 7.66. The van der Waals surface area contributed by atoms with Gasteiger partial charge in [-0.25, -0.2) is 14.6 Å². The summed E-state index contributed by atoms with van der Waals surface area (Å²) in [5.41, 5.74) is 6.18. The van der Waals surface area contributed by atoms with Crippen LogP contribution in [0.3, 0.4) is 0 Å². The number of imidazole rings is 1. The van der Waals surface area contributed by atoms with Crippen molar-refractivity contribution in [3.8, 4) is 0 Å². The van der Waals surface area contributed by atoms with E-state index in [9.17, 15) is 9.59 Å². The van der Waals surface area contributed by atoms with Crippen molar-refractivity contribution in [2.45, 2.75) is 95.9 Å². The van der Waals surface area contributed by atoms with E-state index in [1.807, 2.05) is 4.57 Å². The largest absolute Gasteiger partial charge is 0.461 e. The quantitative estimate of drug-likeness (QED) is 0.277. The van der Waals surface area contributed by atoms with Gasteiger partial charge in [-0.05, 0) is 88.5 Å². The van der Waals surface area contributed by atoms with Crippen molar-refractivity contribution < 1.29 is 33.3 Å². The molecule has 2 aliphatic rings. The lowest BCUT2D eigenvalue weighted by Crippen LogP contribution is -2.45. The highest BCUT2D eigenvalue weighted by Crippen LogP contribution is 2.45. The molecular formula is C26H35BrCl2N4O7. The van der Waals surface area contributed by atoms with Crippen LogP contribution in [0.1, 0.15) is 60.1 Å². The number of nitrogens with zero attached hydrogens (tertiary/aromatic N) is 2. The average molecular weight is 666 g/mol. The molecule has 2 aliphatic heterocycles. The van der Waals surface area contributed by atoms with Crippen molar-refractivity contribution >= 4 is 62.2 Å². The minimum Gasteiger partial charge on any atom is -0.461 e. The van der Waals surface area contributed by atoms with Gasteiger partial charge in [-0.3, -0.25) is 4.57 Å². The molecule has 11 nitrogen and oxygen atoms in total. The van der Waals surface area contributed by atoms with E-state index in [0.717, 1.165) is 0 Å². The zero-order valence-corrected chi connectivity index (χ0v) is 26.1. The first kappa shape index (κ1) is 31.3. The number of esters is 1. The molecule has 222 valence electrons. The van der Waals surface area contributed by atoms with Crippen LogP contribution in [0, 0.1) is 0 Å². The topological polar surface area (TPSA) is 136 Å². The lowest BCUT2D eigenvalue weighted by molar-refractivity contribution is -0.202. The molecule has 1 aromatic heterocycles. The maximum Gasteiger partial charge on any atom is 0.408 e. The number of aromatic nitrogens is 2. The second-order valence-corrected chi connectivity index (χ2v) is 12.8. The van der Waals surface area contributed by atoms with Crippen molar-refractivity contribution in [3.63, 3.8) is 0 Å². The molecule has 4 rings (SSSR count). The highest BCUT2D eigenvalue weighted by Gasteiger charge is 2.56. The zero-order chi connectivity index (χ0) is 29.4. The first-order valence-corrected chi connectivity index (χ1v) is 14.6. The molecule has 1 aromatic carbocycles. The van der Waals surface area contributed by atoms with E-state index in [0.29, 0.717) is 51.6 Å². The van der Waals surface area contributed by atoms with Crippen LogP contribution in [0.5, 0.6) is 0 Å². The number of benzene rings is 1. The molecule has 0 saturated carbocycles. The molecule has 2 saturated heterocycles. The minimum absolute atomic E-state index is 0.129. The summed E-state index contributed by atoms with van der Waals surface area (Å²) in [4.78, 5) is 30.0. The Bertz CT molecular complexity index is 1250.